The SMILES string of the molecule is C[C@]1(O)C(n2ccc3c(N(NS(C)(=O)=O)C4CC4)ncnc32)OC(COP(=O)(NC2(C(=O)OCc3ccccc3C(F)(F)F)CC2)Oc2ccc(Cl)cc2)[C@H]1O. The van der Waals surface area contributed by atoms with Crippen LogP contribution < -0.4 is 19.5 Å². The number of carbonyl (C=O) groups excluding carboxylic acids is 1. The predicted octanol–water partition coefficient (Wildman–Crippen LogP) is 4.62. The van der Waals surface area contributed by atoms with Crippen molar-refractivity contribution >= 4 is 52.2 Å². The van der Waals surface area contributed by atoms with E-state index in [4.69, 9.17) is 30.1 Å². The van der Waals surface area contributed by atoms with Crippen LogP contribution in [0.15, 0.2) is 67.1 Å². The van der Waals surface area contributed by atoms with Gasteiger partial charge in [-0.1, -0.05) is 29.8 Å². The maximum absolute atomic E-state index is 14.4. The third kappa shape index (κ3) is 8.53. The first-order valence-corrected chi connectivity index (χ1v) is 21.1. The summed E-state index contributed by atoms with van der Waals surface area (Å²) in [6, 6.07) is 11.8. The second-order valence-corrected chi connectivity index (χ2v) is 17.9. The number of nitrogens with zero attached hydrogens (tertiary/aromatic N) is 4. The monoisotopic (exact) mass is 844 g/mol. The summed E-state index contributed by atoms with van der Waals surface area (Å²) in [4.78, 5) is 24.5. The molecule has 4 aromatic rings. The summed E-state index contributed by atoms with van der Waals surface area (Å²) >= 11 is 6.00. The molecule has 3 fully saturated rings. The second-order valence-electron chi connectivity index (χ2n) is 14.1. The van der Waals surface area contributed by atoms with Gasteiger partial charge in [-0.15, -0.1) is 4.83 Å². The van der Waals surface area contributed by atoms with E-state index in [2.05, 4.69) is 19.9 Å². The van der Waals surface area contributed by atoms with Crippen molar-refractivity contribution in [3.8, 4) is 5.75 Å². The number of halogens is 4. The molecule has 5 atom stereocenters. The van der Waals surface area contributed by atoms with Crippen LogP contribution in [0, 0.1) is 0 Å². The maximum atomic E-state index is 14.4. The number of benzene rings is 2. The Morgan fingerprint density at radius 2 is 1.84 bits per heavy atom. The van der Waals surface area contributed by atoms with Crippen LogP contribution in [0.25, 0.3) is 11.0 Å². The summed E-state index contributed by atoms with van der Waals surface area (Å²) < 4.78 is 104. The number of alkyl halides is 3. The summed E-state index contributed by atoms with van der Waals surface area (Å²) in [5, 5.41) is 27.7. The molecular weight excluding hydrogens is 808 g/mol. The standard InChI is InChI=1S/C34H37ClF3N6O10PS/c1-32(47)27(45)26(53-30(32)43-16-13-24-28(43)39-19-40-29(24)44(22-9-10-22)42-56(2,49)50)18-52-55(48,54-23-11-7-21(35)8-12-23)41-33(14-15-33)31(46)51-17-20-5-3-4-6-25(20)34(36,37)38/h3-8,11-13,16,19,22,26-27,30,42,45,47H,9-10,14-15,17-18H2,1-2H3,(H,41,48)/t26?,27-,30?,32-,55?/m1/s1. The van der Waals surface area contributed by atoms with E-state index in [0.29, 0.717) is 10.4 Å². The van der Waals surface area contributed by atoms with Crippen molar-refractivity contribution < 1.29 is 59.7 Å². The van der Waals surface area contributed by atoms with Gasteiger partial charge in [0.1, 0.15) is 47.7 Å². The van der Waals surface area contributed by atoms with E-state index >= 15 is 0 Å². The van der Waals surface area contributed by atoms with Crippen molar-refractivity contribution in [2.45, 2.75) is 81.0 Å². The van der Waals surface area contributed by atoms with Crippen LogP contribution in [0.2, 0.25) is 5.02 Å². The molecule has 16 nitrogen and oxygen atoms in total. The molecule has 0 spiro atoms. The number of sulfonamides is 1. The zero-order valence-corrected chi connectivity index (χ0v) is 32.2. The minimum atomic E-state index is -4.69. The molecule has 2 aromatic carbocycles. The predicted molar refractivity (Wildman–Crippen MR) is 194 cm³/mol. The highest BCUT2D eigenvalue weighted by molar-refractivity contribution is 7.88. The number of anilines is 1. The first-order chi connectivity index (χ1) is 26.3. The number of ether oxygens (including phenoxy) is 2. The van der Waals surface area contributed by atoms with E-state index < -0.39 is 78.3 Å². The van der Waals surface area contributed by atoms with Gasteiger partial charge in [0, 0.05) is 22.8 Å². The highest BCUT2D eigenvalue weighted by atomic mass is 35.5. The summed E-state index contributed by atoms with van der Waals surface area (Å²) in [5.74, 6) is -0.722. The Kier molecular flexibility index (Phi) is 10.7. The summed E-state index contributed by atoms with van der Waals surface area (Å²) in [6.45, 7) is -0.0673. The molecule has 2 aromatic heterocycles. The van der Waals surface area contributed by atoms with Crippen LogP contribution in [0.3, 0.4) is 0 Å². The maximum Gasteiger partial charge on any atom is 0.459 e. The number of nitrogens with one attached hydrogen (secondary N) is 2. The second kappa shape index (κ2) is 14.8. The summed E-state index contributed by atoms with van der Waals surface area (Å²) in [6.07, 6.45) is -3.64. The number of hydrazine groups is 1. The molecule has 1 aliphatic heterocycles. The molecular formula is C34H37ClF3N6O10PS. The topological polar surface area (TPSA) is 204 Å². The van der Waals surface area contributed by atoms with E-state index in [1.54, 1.807) is 6.07 Å². The normalized spacial score (nSPS) is 24.5. The first kappa shape index (κ1) is 40.4. The molecule has 0 bridgehead atoms. The van der Waals surface area contributed by atoms with Crippen LogP contribution in [0.4, 0.5) is 19.0 Å². The van der Waals surface area contributed by atoms with Gasteiger partial charge >= 0.3 is 19.9 Å². The molecule has 2 aliphatic carbocycles. The van der Waals surface area contributed by atoms with E-state index in [9.17, 15) is 41.2 Å². The fourth-order valence-electron chi connectivity index (χ4n) is 6.36. The quantitative estimate of drug-likeness (QED) is 0.0734. The largest absolute Gasteiger partial charge is 0.459 e. The van der Waals surface area contributed by atoms with Crippen LogP contribution in [-0.4, -0.2) is 81.4 Å². The third-order valence-corrected chi connectivity index (χ3v) is 11.9. The number of esters is 1. The molecule has 302 valence electrons. The molecule has 3 heterocycles. The molecule has 3 aliphatic rings. The number of aromatic nitrogens is 3. The Morgan fingerprint density at radius 3 is 2.48 bits per heavy atom. The zero-order valence-electron chi connectivity index (χ0n) is 29.7. The van der Waals surface area contributed by atoms with Gasteiger partial charge in [0.05, 0.1) is 23.8 Å². The number of rotatable bonds is 15. The van der Waals surface area contributed by atoms with Gasteiger partial charge in [0.25, 0.3) is 0 Å². The highest BCUT2D eigenvalue weighted by Gasteiger charge is 2.58. The van der Waals surface area contributed by atoms with Gasteiger partial charge in [-0.3, -0.25) is 14.3 Å². The number of aliphatic hydroxyl groups excluding tert-OH is 1. The minimum Gasteiger partial charge on any atom is -0.459 e. The van der Waals surface area contributed by atoms with Crippen LogP contribution in [-0.2, 0) is 46.2 Å². The summed E-state index contributed by atoms with van der Waals surface area (Å²) in [5.41, 5.74) is -4.67. The van der Waals surface area contributed by atoms with Gasteiger partial charge in [-0.05, 0) is 69.0 Å². The molecule has 1 saturated heterocycles. The van der Waals surface area contributed by atoms with Crippen molar-refractivity contribution in [3.05, 3.63) is 83.3 Å². The number of fused-ring (bicyclic) bond motifs is 1. The molecule has 4 N–H and O–H groups in total. The van der Waals surface area contributed by atoms with Crippen molar-refractivity contribution in [2.24, 2.45) is 0 Å². The van der Waals surface area contributed by atoms with Gasteiger partial charge in [0.2, 0.25) is 10.0 Å². The fraction of sp³-hybridized carbons (Fsp3) is 0.441. The lowest BCUT2D eigenvalue weighted by Gasteiger charge is -2.28. The molecule has 7 rings (SSSR count). The molecule has 2 saturated carbocycles. The van der Waals surface area contributed by atoms with Crippen molar-refractivity contribution in [2.75, 3.05) is 17.9 Å². The average molecular weight is 845 g/mol. The Bertz CT molecular complexity index is 2270. The lowest BCUT2D eigenvalue weighted by molar-refractivity contribution is -0.150. The van der Waals surface area contributed by atoms with Crippen LogP contribution in [0.5, 0.6) is 5.75 Å². The van der Waals surface area contributed by atoms with E-state index in [0.717, 1.165) is 25.2 Å². The van der Waals surface area contributed by atoms with Crippen molar-refractivity contribution in [3.63, 3.8) is 0 Å². The van der Waals surface area contributed by atoms with E-state index in [1.807, 2.05) is 0 Å². The Hall–Kier alpha value is -3.85. The van der Waals surface area contributed by atoms with Gasteiger partial charge < -0.3 is 28.8 Å². The molecule has 56 heavy (non-hydrogen) atoms. The average Bonchev–Trinajstić information content (AvgIpc) is 4.06. The molecule has 22 heteroatoms. The zero-order chi connectivity index (χ0) is 40.3. The van der Waals surface area contributed by atoms with E-state index in [1.165, 1.54) is 71.5 Å². The molecule has 0 radical (unpaired) electrons. The van der Waals surface area contributed by atoms with E-state index in [-0.39, 0.29) is 41.7 Å². The van der Waals surface area contributed by atoms with Crippen LogP contribution in [0.1, 0.15) is 50.0 Å². The van der Waals surface area contributed by atoms with Gasteiger partial charge in [-0.25, -0.2) is 23.0 Å². The highest BCUT2D eigenvalue weighted by Crippen LogP contribution is 2.53. The number of carbonyl (C=O) groups is 1. The van der Waals surface area contributed by atoms with Crippen molar-refractivity contribution in [1.82, 2.24) is 24.5 Å². The third-order valence-electron chi connectivity index (χ3n) is 9.52. The first-order valence-electron chi connectivity index (χ1n) is 17.2. The summed E-state index contributed by atoms with van der Waals surface area (Å²) in [7, 11) is -8.29. The number of aliphatic hydroxyl groups is 2. The fourth-order valence-corrected chi connectivity index (χ4v) is 8.82. The van der Waals surface area contributed by atoms with Crippen molar-refractivity contribution in [1.29, 1.82) is 0 Å². The van der Waals surface area contributed by atoms with Crippen LogP contribution >= 0.6 is 19.3 Å². The molecule has 3 unspecified atom stereocenters. The Morgan fingerprint density at radius 1 is 1.14 bits per heavy atom. The lowest BCUT2D eigenvalue weighted by atomic mass is 9.96. The Balaban J connectivity index is 1.10. The van der Waals surface area contributed by atoms with Gasteiger partial charge in [0.15, 0.2) is 12.0 Å². The lowest BCUT2D eigenvalue weighted by Crippen LogP contribution is -2.45. The number of hydrogen-bond donors (Lipinski definition) is 4. The smallest absolute Gasteiger partial charge is 0.459 e. The molecule has 0 amide bonds. The minimum absolute atomic E-state index is 0.00571. The Labute approximate surface area is 323 Å². The number of hydrogen-bond acceptors (Lipinski definition) is 13. The van der Waals surface area contributed by atoms with Gasteiger partial charge in [-0.2, -0.15) is 18.3 Å².